The largest absolute Gasteiger partial charge is 0.409 e. The molecule has 1 aromatic heterocycles. The van der Waals surface area contributed by atoms with Crippen LogP contribution in [0.15, 0.2) is 18.3 Å². The predicted octanol–water partition coefficient (Wildman–Crippen LogP) is 2.30. The van der Waals surface area contributed by atoms with Crippen molar-refractivity contribution in [2.45, 2.75) is 12.2 Å². The van der Waals surface area contributed by atoms with Gasteiger partial charge in [0, 0.05) is 6.20 Å². The fourth-order valence-corrected chi connectivity index (χ4v) is 0.851. The van der Waals surface area contributed by atoms with Crippen LogP contribution in [-0.2, 0) is 0 Å². The molecule has 0 radical (unpaired) electrons. The molecule has 0 fully saturated rings. The van der Waals surface area contributed by atoms with Crippen LogP contribution in [0.2, 0.25) is 5.02 Å². The van der Waals surface area contributed by atoms with Crippen molar-refractivity contribution in [3.8, 4) is 0 Å². The number of aromatic nitrogens is 1. The average Bonchev–Trinajstić information content (AvgIpc) is 2.03. The SMILES string of the molecule is N[C@H](c1ccc(Cl)cn1)C(F)(F)F. The number of alkyl halides is 3. The van der Waals surface area contributed by atoms with Crippen LogP contribution in [0.3, 0.4) is 0 Å². The van der Waals surface area contributed by atoms with Crippen molar-refractivity contribution in [3.05, 3.63) is 29.0 Å². The summed E-state index contributed by atoms with van der Waals surface area (Å²) in [5.74, 6) is 0. The smallest absolute Gasteiger partial charge is 0.315 e. The first-order valence-electron chi connectivity index (χ1n) is 3.35. The number of halogens is 4. The van der Waals surface area contributed by atoms with Crippen LogP contribution in [0.25, 0.3) is 0 Å². The minimum absolute atomic E-state index is 0.239. The summed E-state index contributed by atoms with van der Waals surface area (Å²) in [6.07, 6.45) is -3.34. The van der Waals surface area contributed by atoms with Gasteiger partial charge in [-0.3, -0.25) is 4.98 Å². The normalized spacial score (nSPS) is 14.2. The van der Waals surface area contributed by atoms with E-state index in [1.165, 1.54) is 6.07 Å². The zero-order valence-electron chi connectivity index (χ0n) is 6.35. The van der Waals surface area contributed by atoms with Crippen LogP contribution in [0.5, 0.6) is 0 Å². The molecule has 1 heterocycles. The number of nitrogens with two attached hydrogens (primary N) is 1. The lowest BCUT2D eigenvalue weighted by atomic mass is 10.2. The summed E-state index contributed by atoms with van der Waals surface area (Å²) < 4.78 is 36.1. The molecule has 0 saturated carbocycles. The molecule has 0 aromatic carbocycles. The summed E-state index contributed by atoms with van der Waals surface area (Å²) in [6, 6.07) is 0.417. The van der Waals surface area contributed by atoms with Crippen LogP contribution in [0, 0.1) is 0 Å². The molecule has 0 saturated heterocycles. The van der Waals surface area contributed by atoms with Gasteiger partial charge >= 0.3 is 6.18 Å². The molecule has 0 aliphatic rings. The Morgan fingerprint density at radius 3 is 2.38 bits per heavy atom. The van der Waals surface area contributed by atoms with E-state index in [0.29, 0.717) is 0 Å². The quantitative estimate of drug-likeness (QED) is 0.773. The van der Waals surface area contributed by atoms with Crippen LogP contribution >= 0.6 is 11.6 Å². The van der Waals surface area contributed by atoms with E-state index in [1.807, 2.05) is 0 Å². The first kappa shape index (κ1) is 10.3. The minimum Gasteiger partial charge on any atom is -0.315 e. The first-order valence-corrected chi connectivity index (χ1v) is 3.73. The monoisotopic (exact) mass is 210 g/mol. The molecular weight excluding hydrogens is 205 g/mol. The second-order valence-corrected chi connectivity index (χ2v) is 2.86. The minimum atomic E-state index is -4.47. The lowest BCUT2D eigenvalue weighted by Crippen LogP contribution is -2.29. The first-order chi connectivity index (χ1) is 5.91. The summed E-state index contributed by atoms with van der Waals surface area (Å²) >= 11 is 5.45. The van der Waals surface area contributed by atoms with E-state index in [-0.39, 0.29) is 10.7 Å². The molecule has 13 heavy (non-hydrogen) atoms. The van der Waals surface area contributed by atoms with Crippen LogP contribution < -0.4 is 5.73 Å². The lowest BCUT2D eigenvalue weighted by molar-refractivity contribution is -0.150. The average molecular weight is 211 g/mol. The number of nitrogens with zero attached hydrogens (tertiary/aromatic N) is 1. The molecule has 0 bridgehead atoms. The third-order valence-electron chi connectivity index (χ3n) is 1.42. The van der Waals surface area contributed by atoms with Crippen LogP contribution in [-0.4, -0.2) is 11.2 Å². The lowest BCUT2D eigenvalue weighted by Gasteiger charge is -2.14. The molecule has 0 unspecified atom stereocenters. The third kappa shape index (κ3) is 2.57. The summed E-state index contributed by atoms with van der Waals surface area (Å²) in [4.78, 5) is 3.47. The molecular formula is C7H6ClF3N2. The predicted molar refractivity (Wildman–Crippen MR) is 42.2 cm³/mol. The Hall–Kier alpha value is -0.810. The highest BCUT2D eigenvalue weighted by molar-refractivity contribution is 6.30. The molecule has 72 valence electrons. The number of pyridine rings is 1. The van der Waals surface area contributed by atoms with E-state index in [1.54, 1.807) is 0 Å². The van der Waals surface area contributed by atoms with E-state index >= 15 is 0 Å². The topological polar surface area (TPSA) is 38.9 Å². The summed E-state index contributed by atoms with van der Waals surface area (Å²) in [6.45, 7) is 0. The Labute approximate surface area is 77.5 Å². The van der Waals surface area contributed by atoms with E-state index in [2.05, 4.69) is 4.98 Å². The molecule has 0 aliphatic carbocycles. The Morgan fingerprint density at radius 2 is 2.00 bits per heavy atom. The standard InChI is InChI=1S/C7H6ClF3N2/c8-4-1-2-5(13-3-4)6(12)7(9,10)11/h1-3,6H,12H2/t6-/m1/s1. The second-order valence-electron chi connectivity index (χ2n) is 2.42. The molecule has 0 aliphatic heterocycles. The van der Waals surface area contributed by atoms with Gasteiger partial charge in [-0.1, -0.05) is 11.6 Å². The van der Waals surface area contributed by atoms with Gasteiger partial charge in [-0.15, -0.1) is 0 Å². The molecule has 0 amide bonds. The molecule has 6 heteroatoms. The molecule has 1 atom stereocenters. The van der Waals surface area contributed by atoms with Gasteiger partial charge in [0.2, 0.25) is 0 Å². The highest BCUT2D eigenvalue weighted by Gasteiger charge is 2.38. The highest BCUT2D eigenvalue weighted by atomic mass is 35.5. The second kappa shape index (κ2) is 3.51. The molecule has 2 nitrogen and oxygen atoms in total. The van der Waals surface area contributed by atoms with E-state index in [4.69, 9.17) is 17.3 Å². The van der Waals surface area contributed by atoms with E-state index in [0.717, 1.165) is 12.3 Å². The van der Waals surface area contributed by atoms with Gasteiger partial charge in [0.05, 0.1) is 10.7 Å². The maximum atomic E-state index is 12.0. The molecule has 1 rings (SSSR count). The van der Waals surface area contributed by atoms with Crippen molar-refractivity contribution in [3.63, 3.8) is 0 Å². The van der Waals surface area contributed by atoms with Gasteiger partial charge in [-0.2, -0.15) is 13.2 Å². The van der Waals surface area contributed by atoms with Gasteiger partial charge in [0.25, 0.3) is 0 Å². The van der Waals surface area contributed by atoms with Crippen molar-refractivity contribution < 1.29 is 13.2 Å². The van der Waals surface area contributed by atoms with Crippen LogP contribution in [0.4, 0.5) is 13.2 Å². The fraction of sp³-hybridized carbons (Fsp3) is 0.286. The van der Waals surface area contributed by atoms with Crippen molar-refractivity contribution in [1.82, 2.24) is 4.98 Å². The van der Waals surface area contributed by atoms with Crippen LogP contribution in [0.1, 0.15) is 11.7 Å². The highest BCUT2D eigenvalue weighted by Crippen LogP contribution is 2.29. The Morgan fingerprint density at radius 1 is 1.38 bits per heavy atom. The summed E-state index contributed by atoms with van der Waals surface area (Å²) in [5, 5.41) is 0.276. The van der Waals surface area contributed by atoms with Crippen molar-refractivity contribution in [1.29, 1.82) is 0 Å². The Bertz CT molecular complexity index is 283. The van der Waals surface area contributed by atoms with Gasteiger partial charge in [0.1, 0.15) is 6.04 Å². The summed E-state index contributed by atoms with van der Waals surface area (Å²) in [5.41, 5.74) is 4.65. The zero-order valence-corrected chi connectivity index (χ0v) is 7.10. The number of hydrogen-bond acceptors (Lipinski definition) is 2. The van der Waals surface area contributed by atoms with Crippen molar-refractivity contribution in [2.75, 3.05) is 0 Å². The molecule has 0 spiro atoms. The molecule has 2 N–H and O–H groups in total. The maximum Gasteiger partial charge on any atom is 0.409 e. The number of rotatable bonds is 1. The van der Waals surface area contributed by atoms with Crippen molar-refractivity contribution >= 4 is 11.6 Å². The summed E-state index contributed by atoms with van der Waals surface area (Å²) in [7, 11) is 0. The van der Waals surface area contributed by atoms with Gasteiger partial charge in [0.15, 0.2) is 0 Å². The number of hydrogen-bond donors (Lipinski definition) is 1. The Balaban J connectivity index is 2.90. The maximum absolute atomic E-state index is 12.0. The van der Waals surface area contributed by atoms with Gasteiger partial charge in [-0.05, 0) is 12.1 Å². The fourth-order valence-electron chi connectivity index (χ4n) is 0.739. The molecule has 1 aromatic rings. The Kier molecular flexibility index (Phi) is 2.77. The van der Waals surface area contributed by atoms with E-state index < -0.39 is 12.2 Å². The third-order valence-corrected chi connectivity index (χ3v) is 1.65. The zero-order chi connectivity index (χ0) is 10.1. The van der Waals surface area contributed by atoms with Crippen molar-refractivity contribution in [2.24, 2.45) is 5.73 Å². The van der Waals surface area contributed by atoms with Gasteiger partial charge < -0.3 is 5.73 Å². The van der Waals surface area contributed by atoms with E-state index in [9.17, 15) is 13.2 Å². The van der Waals surface area contributed by atoms with Gasteiger partial charge in [-0.25, -0.2) is 0 Å².